The second-order valence-electron chi connectivity index (χ2n) is 5.67. The Labute approximate surface area is 125 Å². The molecular weight excluding hydrogens is 262 g/mol. The summed E-state index contributed by atoms with van der Waals surface area (Å²) in [7, 11) is 3.36. The van der Waals surface area contributed by atoms with Crippen LogP contribution in [-0.2, 0) is 18.4 Å². The van der Waals surface area contributed by atoms with Crippen molar-refractivity contribution in [1.29, 1.82) is 0 Å². The van der Waals surface area contributed by atoms with E-state index in [0.717, 1.165) is 36.3 Å². The topological polar surface area (TPSA) is 44.5 Å². The van der Waals surface area contributed by atoms with Crippen LogP contribution >= 0.6 is 0 Å². The van der Waals surface area contributed by atoms with Crippen molar-refractivity contribution in [3.63, 3.8) is 0 Å². The Kier molecular flexibility index (Phi) is 3.60. The molecule has 1 unspecified atom stereocenters. The molecule has 0 fully saturated rings. The van der Waals surface area contributed by atoms with Crippen LogP contribution < -0.4 is 15.2 Å². The summed E-state index contributed by atoms with van der Waals surface area (Å²) < 4.78 is 10.9. The fourth-order valence-electron chi connectivity index (χ4n) is 3.19. The zero-order chi connectivity index (χ0) is 14.9. The fraction of sp³-hybridized carbons (Fsp3) is 0.333. The average Bonchev–Trinajstić information content (AvgIpc) is 2.54. The van der Waals surface area contributed by atoms with Crippen LogP contribution in [0.2, 0.25) is 0 Å². The largest absolute Gasteiger partial charge is 0.497 e. The molecule has 2 aromatic rings. The molecule has 0 spiro atoms. The zero-order valence-corrected chi connectivity index (χ0v) is 12.6. The molecule has 3 rings (SSSR count). The number of nitrogens with two attached hydrogens (primary N) is 1. The normalized spacial score (nSPS) is 20.7. The van der Waals surface area contributed by atoms with Crippen molar-refractivity contribution in [2.45, 2.75) is 24.8 Å². The van der Waals surface area contributed by atoms with Crippen LogP contribution in [0.25, 0.3) is 0 Å². The number of hydrogen-bond donors (Lipinski definition) is 1. The quantitative estimate of drug-likeness (QED) is 0.941. The van der Waals surface area contributed by atoms with Gasteiger partial charge in [0, 0.05) is 11.1 Å². The first-order chi connectivity index (χ1) is 10.2. The highest BCUT2D eigenvalue weighted by Crippen LogP contribution is 2.40. The lowest BCUT2D eigenvalue weighted by molar-refractivity contribution is 0.344. The molecule has 21 heavy (non-hydrogen) atoms. The minimum atomic E-state index is -0.408. The number of ether oxygens (including phenoxy) is 2. The molecule has 0 heterocycles. The van der Waals surface area contributed by atoms with Crippen LogP contribution in [0.5, 0.6) is 11.5 Å². The van der Waals surface area contributed by atoms with E-state index in [2.05, 4.69) is 24.3 Å². The summed E-state index contributed by atoms with van der Waals surface area (Å²) >= 11 is 0. The van der Waals surface area contributed by atoms with E-state index < -0.39 is 5.54 Å². The summed E-state index contributed by atoms with van der Waals surface area (Å²) in [6, 6.07) is 14.4. The van der Waals surface area contributed by atoms with E-state index in [1.54, 1.807) is 14.2 Å². The van der Waals surface area contributed by atoms with Crippen molar-refractivity contribution in [2.75, 3.05) is 14.2 Å². The van der Waals surface area contributed by atoms with E-state index in [9.17, 15) is 0 Å². The average molecular weight is 283 g/mol. The predicted molar refractivity (Wildman–Crippen MR) is 83.9 cm³/mol. The Balaban J connectivity index is 2.04. The van der Waals surface area contributed by atoms with Gasteiger partial charge in [-0.3, -0.25) is 0 Å². The first-order valence-electron chi connectivity index (χ1n) is 7.24. The number of rotatable bonds is 3. The Bertz CT molecular complexity index is 653. The Hall–Kier alpha value is -2.00. The molecule has 0 aromatic heterocycles. The van der Waals surface area contributed by atoms with Gasteiger partial charge in [-0.2, -0.15) is 0 Å². The minimum absolute atomic E-state index is 0.408. The molecule has 2 N–H and O–H groups in total. The third kappa shape index (κ3) is 2.49. The number of hydrogen-bond acceptors (Lipinski definition) is 3. The molecular formula is C18H21NO2. The summed E-state index contributed by atoms with van der Waals surface area (Å²) in [5.41, 5.74) is 10.1. The highest BCUT2D eigenvalue weighted by atomic mass is 16.5. The highest BCUT2D eigenvalue weighted by molar-refractivity contribution is 5.47. The zero-order valence-electron chi connectivity index (χ0n) is 12.6. The van der Waals surface area contributed by atoms with Gasteiger partial charge in [-0.15, -0.1) is 0 Å². The van der Waals surface area contributed by atoms with Gasteiger partial charge < -0.3 is 15.2 Å². The fourth-order valence-corrected chi connectivity index (χ4v) is 3.19. The Morgan fingerprint density at radius 3 is 2.48 bits per heavy atom. The molecule has 0 aliphatic heterocycles. The molecule has 0 amide bonds. The SMILES string of the molecule is COc1ccc(OC)c(C2(N)CCc3ccccc3C2)c1. The van der Waals surface area contributed by atoms with Gasteiger partial charge in [0.15, 0.2) is 0 Å². The second-order valence-corrected chi connectivity index (χ2v) is 5.67. The standard InChI is InChI=1S/C18H21NO2/c1-20-15-7-8-17(21-2)16(11-15)18(19)10-9-13-5-3-4-6-14(13)12-18/h3-8,11H,9-10,12,19H2,1-2H3. The van der Waals surface area contributed by atoms with Gasteiger partial charge in [-0.25, -0.2) is 0 Å². The number of methoxy groups -OCH3 is 2. The van der Waals surface area contributed by atoms with E-state index >= 15 is 0 Å². The second kappa shape index (κ2) is 5.41. The first-order valence-corrected chi connectivity index (χ1v) is 7.24. The molecule has 1 atom stereocenters. The smallest absolute Gasteiger partial charge is 0.124 e. The van der Waals surface area contributed by atoms with E-state index in [0.29, 0.717) is 0 Å². The number of aryl methyl sites for hydroxylation is 1. The van der Waals surface area contributed by atoms with Crippen LogP contribution in [0, 0.1) is 0 Å². The molecule has 1 aliphatic rings. The highest BCUT2D eigenvalue weighted by Gasteiger charge is 2.34. The molecule has 2 aromatic carbocycles. The van der Waals surface area contributed by atoms with E-state index in [-0.39, 0.29) is 0 Å². The lowest BCUT2D eigenvalue weighted by atomic mass is 9.74. The van der Waals surface area contributed by atoms with Crippen LogP contribution in [0.15, 0.2) is 42.5 Å². The third-order valence-electron chi connectivity index (χ3n) is 4.41. The van der Waals surface area contributed by atoms with Crippen LogP contribution in [0.4, 0.5) is 0 Å². The Morgan fingerprint density at radius 2 is 1.76 bits per heavy atom. The van der Waals surface area contributed by atoms with Gasteiger partial charge in [0.25, 0.3) is 0 Å². The lowest BCUT2D eigenvalue weighted by Gasteiger charge is -2.36. The molecule has 1 aliphatic carbocycles. The van der Waals surface area contributed by atoms with Crippen molar-refractivity contribution in [3.05, 3.63) is 59.2 Å². The molecule has 110 valence electrons. The lowest BCUT2D eigenvalue weighted by Crippen LogP contribution is -2.42. The number of benzene rings is 2. The Morgan fingerprint density at radius 1 is 1.00 bits per heavy atom. The van der Waals surface area contributed by atoms with E-state index in [1.807, 2.05) is 18.2 Å². The van der Waals surface area contributed by atoms with Crippen molar-refractivity contribution >= 4 is 0 Å². The van der Waals surface area contributed by atoms with Gasteiger partial charge in [0.05, 0.1) is 14.2 Å². The van der Waals surface area contributed by atoms with Crippen molar-refractivity contribution in [2.24, 2.45) is 5.73 Å². The third-order valence-corrected chi connectivity index (χ3v) is 4.41. The maximum absolute atomic E-state index is 6.76. The van der Waals surface area contributed by atoms with Gasteiger partial charge in [-0.05, 0) is 48.6 Å². The van der Waals surface area contributed by atoms with Crippen molar-refractivity contribution in [1.82, 2.24) is 0 Å². The van der Waals surface area contributed by atoms with E-state index in [4.69, 9.17) is 15.2 Å². The van der Waals surface area contributed by atoms with Crippen LogP contribution in [0.3, 0.4) is 0 Å². The maximum atomic E-state index is 6.76. The van der Waals surface area contributed by atoms with Crippen molar-refractivity contribution < 1.29 is 9.47 Å². The molecule has 3 nitrogen and oxygen atoms in total. The molecule has 0 bridgehead atoms. The monoisotopic (exact) mass is 283 g/mol. The first kappa shape index (κ1) is 14.0. The van der Waals surface area contributed by atoms with Crippen LogP contribution in [-0.4, -0.2) is 14.2 Å². The summed E-state index contributed by atoms with van der Waals surface area (Å²) in [6.07, 6.45) is 2.73. The van der Waals surface area contributed by atoms with Gasteiger partial charge >= 0.3 is 0 Å². The van der Waals surface area contributed by atoms with Crippen LogP contribution in [0.1, 0.15) is 23.1 Å². The number of fused-ring (bicyclic) bond motifs is 1. The van der Waals surface area contributed by atoms with Gasteiger partial charge in [0.2, 0.25) is 0 Å². The maximum Gasteiger partial charge on any atom is 0.124 e. The summed E-state index contributed by atoms with van der Waals surface area (Å²) in [4.78, 5) is 0. The molecule has 0 saturated carbocycles. The molecule has 0 saturated heterocycles. The summed E-state index contributed by atoms with van der Waals surface area (Å²) in [5.74, 6) is 1.65. The summed E-state index contributed by atoms with van der Waals surface area (Å²) in [5, 5.41) is 0. The van der Waals surface area contributed by atoms with Crippen molar-refractivity contribution in [3.8, 4) is 11.5 Å². The molecule has 3 heteroatoms. The summed E-state index contributed by atoms with van der Waals surface area (Å²) in [6.45, 7) is 0. The van der Waals surface area contributed by atoms with Gasteiger partial charge in [0.1, 0.15) is 11.5 Å². The van der Waals surface area contributed by atoms with Gasteiger partial charge in [-0.1, -0.05) is 24.3 Å². The van der Waals surface area contributed by atoms with E-state index in [1.165, 1.54) is 11.1 Å². The minimum Gasteiger partial charge on any atom is -0.497 e. The molecule has 0 radical (unpaired) electrons. The predicted octanol–water partition coefficient (Wildman–Crippen LogP) is 3.05.